The molecule has 2 rings (SSSR count). The molecule has 1 atom stereocenters. The van der Waals surface area contributed by atoms with E-state index in [1.807, 2.05) is 0 Å². The first-order valence-corrected chi connectivity index (χ1v) is 4.23. The third kappa shape index (κ3) is 1.29. The van der Waals surface area contributed by atoms with Gasteiger partial charge in [0.2, 0.25) is 6.29 Å². The van der Waals surface area contributed by atoms with Gasteiger partial charge >= 0.3 is 5.97 Å². The fourth-order valence-corrected chi connectivity index (χ4v) is 1.51. The average molecular weight is 219 g/mol. The molecule has 1 N–H and O–H groups in total. The number of aliphatic hydroxyl groups is 1. The maximum absolute atomic E-state index is 11.1. The highest BCUT2D eigenvalue weighted by Crippen LogP contribution is 2.34. The highest BCUT2D eigenvalue weighted by Gasteiger charge is 2.30. The molecule has 68 valence electrons. The van der Waals surface area contributed by atoms with E-state index in [4.69, 9.17) is 23.2 Å². The summed E-state index contributed by atoms with van der Waals surface area (Å²) in [5, 5.41) is 9.78. The highest BCUT2D eigenvalue weighted by atomic mass is 35.5. The fraction of sp³-hybridized carbons (Fsp3) is 0.125. The molecule has 1 aromatic carbocycles. The Morgan fingerprint density at radius 2 is 1.92 bits per heavy atom. The third-order valence-corrected chi connectivity index (χ3v) is 2.52. The van der Waals surface area contributed by atoms with Crippen molar-refractivity contribution in [1.29, 1.82) is 0 Å². The van der Waals surface area contributed by atoms with Crippen LogP contribution in [0.25, 0.3) is 0 Å². The fourth-order valence-electron chi connectivity index (χ4n) is 1.17. The Hall–Kier alpha value is -0.770. The van der Waals surface area contributed by atoms with Gasteiger partial charge in [-0.1, -0.05) is 23.2 Å². The molecule has 1 aliphatic heterocycles. The Morgan fingerprint density at radius 1 is 1.31 bits per heavy atom. The number of halogens is 2. The van der Waals surface area contributed by atoms with E-state index in [-0.39, 0.29) is 15.6 Å². The van der Waals surface area contributed by atoms with E-state index in [9.17, 15) is 9.90 Å². The zero-order chi connectivity index (χ0) is 9.59. The average Bonchev–Trinajstić information content (AvgIpc) is 2.31. The Bertz CT molecular complexity index is 389. The molecule has 1 aromatic rings. The number of cyclic esters (lactones) is 1. The SMILES string of the molecule is O=C1O[C@@H](O)c2cc(Cl)c(Cl)cc21. The summed E-state index contributed by atoms with van der Waals surface area (Å²) in [7, 11) is 0. The van der Waals surface area contributed by atoms with Crippen LogP contribution in [0, 0.1) is 0 Å². The molecule has 0 bridgehead atoms. The van der Waals surface area contributed by atoms with Gasteiger partial charge in [0, 0.05) is 5.56 Å². The Balaban J connectivity index is 2.65. The van der Waals surface area contributed by atoms with Crippen LogP contribution in [0.2, 0.25) is 10.0 Å². The molecule has 13 heavy (non-hydrogen) atoms. The van der Waals surface area contributed by atoms with Crippen LogP contribution < -0.4 is 0 Å². The van der Waals surface area contributed by atoms with Crippen molar-refractivity contribution in [3.05, 3.63) is 33.3 Å². The smallest absolute Gasteiger partial charge is 0.341 e. The van der Waals surface area contributed by atoms with Crippen molar-refractivity contribution < 1.29 is 14.6 Å². The lowest BCUT2D eigenvalue weighted by atomic mass is 10.1. The van der Waals surface area contributed by atoms with E-state index in [0.29, 0.717) is 5.56 Å². The van der Waals surface area contributed by atoms with Crippen molar-refractivity contribution in [2.75, 3.05) is 0 Å². The van der Waals surface area contributed by atoms with Gasteiger partial charge in [-0.15, -0.1) is 0 Å². The zero-order valence-corrected chi connectivity index (χ0v) is 7.76. The highest BCUT2D eigenvalue weighted by molar-refractivity contribution is 6.42. The summed E-state index contributed by atoms with van der Waals surface area (Å²) in [5.74, 6) is -0.582. The summed E-state index contributed by atoms with van der Waals surface area (Å²) in [4.78, 5) is 11.1. The number of hydrogen-bond donors (Lipinski definition) is 1. The summed E-state index contributed by atoms with van der Waals surface area (Å²) >= 11 is 11.4. The molecule has 3 nitrogen and oxygen atoms in total. The number of carbonyl (C=O) groups excluding carboxylic acids is 1. The summed E-state index contributed by atoms with van der Waals surface area (Å²) < 4.78 is 4.54. The largest absolute Gasteiger partial charge is 0.428 e. The number of esters is 1. The first-order chi connectivity index (χ1) is 6.09. The van der Waals surface area contributed by atoms with Crippen LogP contribution in [0.4, 0.5) is 0 Å². The molecule has 0 aromatic heterocycles. The van der Waals surface area contributed by atoms with Gasteiger partial charge < -0.3 is 9.84 Å². The van der Waals surface area contributed by atoms with Gasteiger partial charge in [0.15, 0.2) is 0 Å². The van der Waals surface area contributed by atoms with Crippen LogP contribution in [0.3, 0.4) is 0 Å². The Kier molecular flexibility index (Phi) is 1.95. The van der Waals surface area contributed by atoms with Gasteiger partial charge in [-0.05, 0) is 12.1 Å². The van der Waals surface area contributed by atoms with Crippen LogP contribution in [0.1, 0.15) is 22.2 Å². The van der Waals surface area contributed by atoms with Gasteiger partial charge in [-0.2, -0.15) is 0 Å². The molecular weight excluding hydrogens is 215 g/mol. The minimum absolute atomic E-state index is 0.266. The van der Waals surface area contributed by atoms with Crippen molar-refractivity contribution in [2.24, 2.45) is 0 Å². The van der Waals surface area contributed by atoms with Gasteiger partial charge in [0.05, 0.1) is 15.6 Å². The minimum Gasteiger partial charge on any atom is -0.428 e. The van der Waals surface area contributed by atoms with E-state index in [2.05, 4.69) is 4.74 Å². The molecular formula is C8H4Cl2O3. The number of rotatable bonds is 0. The number of aliphatic hydroxyl groups excluding tert-OH is 1. The monoisotopic (exact) mass is 218 g/mol. The van der Waals surface area contributed by atoms with Crippen molar-refractivity contribution in [1.82, 2.24) is 0 Å². The Labute approximate surface area is 83.8 Å². The van der Waals surface area contributed by atoms with E-state index in [0.717, 1.165) is 0 Å². The molecule has 1 aliphatic rings. The van der Waals surface area contributed by atoms with Crippen molar-refractivity contribution in [3.63, 3.8) is 0 Å². The van der Waals surface area contributed by atoms with Crippen molar-refractivity contribution in [2.45, 2.75) is 6.29 Å². The minimum atomic E-state index is -1.22. The number of fused-ring (bicyclic) bond motifs is 1. The molecule has 0 saturated heterocycles. The van der Waals surface area contributed by atoms with Crippen molar-refractivity contribution in [3.8, 4) is 0 Å². The zero-order valence-electron chi connectivity index (χ0n) is 6.25. The molecule has 0 radical (unpaired) electrons. The second-order valence-electron chi connectivity index (χ2n) is 2.61. The summed E-state index contributed by atoms with van der Waals surface area (Å²) in [6.07, 6.45) is -1.22. The molecule has 0 amide bonds. The van der Waals surface area contributed by atoms with Crippen LogP contribution in [0.5, 0.6) is 0 Å². The van der Waals surface area contributed by atoms with E-state index in [1.165, 1.54) is 12.1 Å². The first-order valence-electron chi connectivity index (χ1n) is 3.47. The number of hydrogen-bond acceptors (Lipinski definition) is 3. The van der Waals surface area contributed by atoms with E-state index >= 15 is 0 Å². The van der Waals surface area contributed by atoms with Gasteiger partial charge in [-0.25, -0.2) is 4.79 Å². The molecule has 0 spiro atoms. The maximum Gasteiger partial charge on any atom is 0.341 e. The van der Waals surface area contributed by atoms with E-state index < -0.39 is 12.3 Å². The lowest BCUT2D eigenvalue weighted by Gasteiger charge is -2.01. The standard InChI is InChI=1S/C8H4Cl2O3/c9-5-1-3-4(2-6(5)10)8(12)13-7(3)11/h1-2,7,11H/t7-/m1/s1. The van der Waals surface area contributed by atoms with Gasteiger partial charge in [0.25, 0.3) is 0 Å². The lowest BCUT2D eigenvalue weighted by molar-refractivity contribution is -0.0547. The first kappa shape index (κ1) is 8.81. The molecule has 5 heteroatoms. The topological polar surface area (TPSA) is 46.5 Å². The van der Waals surface area contributed by atoms with Crippen LogP contribution in [-0.4, -0.2) is 11.1 Å². The van der Waals surface area contributed by atoms with Crippen molar-refractivity contribution >= 4 is 29.2 Å². The molecule has 0 saturated carbocycles. The molecule has 1 heterocycles. The van der Waals surface area contributed by atoms with Gasteiger partial charge in [-0.3, -0.25) is 0 Å². The lowest BCUT2D eigenvalue weighted by Crippen LogP contribution is -1.95. The number of ether oxygens (including phenoxy) is 1. The van der Waals surface area contributed by atoms with E-state index in [1.54, 1.807) is 0 Å². The number of benzene rings is 1. The molecule has 0 fully saturated rings. The molecule has 0 aliphatic carbocycles. The Morgan fingerprint density at radius 3 is 2.62 bits per heavy atom. The predicted octanol–water partition coefficient (Wildman–Crippen LogP) is 2.15. The second-order valence-corrected chi connectivity index (χ2v) is 3.43. The quantitative estimate of drug-likeness (QED) is 0.680. The summed E-state index contributed by atoms with van der Waals surface area (Å²) in [6, 6.07) is 2.81. The van der Waals surface area contributed by atoms with Crippen LogP contribution >= 0.6 is 23.2 Å². The summed E-state index contributed by atoms with van der Waals surface area (Å²) in [5.41, 5.74) is 0.626. The van der Waals surface area contributed by atoms with Crippen LogP contribution in [0.15, 0.2) is 12.1 Å². The second kappa shape index (κ2) is 2.87. The normalized spacial score (nSPS) is 19.9. The predicted molar refractivity (Wildman–Crippen MR) is 46.8 cm³/mol. The van der Waals surface area contributed by atoms with Gasteiger partial charge in [0.1, 0.15) is 0 Å². The molecule has 0 unspecified atom stereocenters. The summed E-state index contributed by atoms with van der Waals surface area (Å²) in [6.45, 7) is 0. The number of carbonyl (C=O) groups is 1. The maximum atomic E-state index is 11.1. The van der Waals surface area contributed by atoms with Crippen LogP contribution in [-0.2, 0) is 4.74 Å². The third-order valence-electron chi connectivity index (χ3n) is 1.80.